The van der Waals surface area contributed by atoms with Crippen LogP contribution in [0, 0.1) is 25.7 Å². The van der Waals surface area contributed by atoms with Crippen LogP contribution in [0.4, 0.5) is 0 Å². The van der Waals surface area contributed by atoms with Gasteiger partial charge in [0.2, 0.25) is 0 Å². The number of imidazole rings is 1. The number of aryl methyl sites for hydroxylation is 1. The van der Waals surface area contributed by atoms with Crippen LogP contribution < -0.4 is 0 Å². The van der Waals surface area contributed by atoms with E-state index in [9.17, 15) is 9.90 Å². The average Bonchev–Trinajstić information content (AvgIpc) is 2.94. The topological polar surface area (TPSA) is 55.1 Å². The molecule has 0 radical (unpaired) electrons. The molecule has 0 amide bonds. The van der Waals surface area contributed by atoms with Crippen molar-refractivity contribution in [2.24, 2.45) is 11.8 Å². The van der Waals surface area contributed by atoms with Crippen molar-refractivity contribution in [3.8, 4) is 0 Å². The second-order valence-electron chi connectivity index (χ2n) is 6.64. The quantitative estimate of drug-likeness (QED) is 0.876. The lowest BCUT2D eigenvalue weighted by molar-refractivity contribution is -0.143. The summed E-state index contributed by atoms with van der Waals surface area (Å²) in [5.74, 6) is -0.0244. The predicted molar refractivity (Wildman–Crippen MR) is 91.6 cm³/mol. The molecule has 0 saturated heterocycles. The number of carbonyl (C=O) groups is 1. The molecule has 124 valence electrons. The van der Waals surface area contributed by atoms with Gasteiger partial charge in [-0.25, -0.2) is 4.98 Å². The Morgan fingerprint density at radius 3 is 2.57 bits per heavy atom. The molecule has 0 saturated carbocycles. The van der Waals surface area contributed by atoms with Gasteiger partial charge in [0.1, 0.15) is 5.82 Å². The maximum atomic E-state index is 11.5. The molecule has 0 aliphatic heterocycles. The second kappa shape index (κ2) is 6.99. The Balaban J connectivity index is 2.33. The number of carboxylic acid groups (broad SMARTS) is 1. The number of nitrogens with zero attached hydrogens (tertiary/aromatic N) is 2. The van der Waals surface area contributed by atoms with Crippen molar-refractivity contribution in [2.75, 3.05) is 0 Å². The van der Waals surface area contributed by atoms with Crippen molar-refractivity contribution in [1.82, 2.24) is 9.55 Å². The van der Waals surface area contributed by atoms with Crippen molar-refractivity contribution < 1.29 is 9.90 Å². The number of hydrogen-bond acceptors (Lipinski definition) is 2. The van der Waals surface area contributed by atoms with Gasteiger partial charge in [-0.3, -0.25) is 4.79 Å². The first-order valence-electron chi connectivity index (χ1n) is 8.12. The highest BCUT2D eigenvalue weighted by Crippen LogP contribution is 2.28. The van der Waals surface area contributed by atoms with Gasteiger partial charge in [-0.05, 0) is 36.5 Å². The van der Waals surface area contributed by atoms with Crippen LogP contribution in [-0.4, -0.2) is 20.6 Å². The highest BCUT2D eigenvalue weighted by atomic mass is 16.4. The minimum atomic E-state index is -0.751. The Hall–Kier alpha value is -2.10. The van der Waals surface area contributed by atoms with Crippen molar-refractivity contribution in [3.05, 3.63) is 53.1 Å². The van der Waals surface area contributed by atoms with Gasteiger partial charge in [-0.1, -0.05) is 39.0 Å². The van der Waals surface area contributed by atoms with E-state index in [1.807, 2.05) is 24.6 Å². The van der Waals surface area contributed by atoms with Gasteiger partial charge in [-0.15, -0.1) is 0 Å². The first-order chi connectivity index (χ1) is 10.8. The molecular formula is C19H26N2O2. The van der Waals surface area contributed by atoms with E-state index in [4.69, 9.17) is 0 Å². The zero-order chi connectivity index (χ0) is 17.1. The number of carboxylic acids is 1. The zero-order valence-electron chi connectivity index (χ0n) is 14.6. The minimum absolute atomic E-state index is 0.0822. The Morgan fingerprint density at radius 2 is 1.96 bits per heavy atom. The van der Waals surface area contributed by atoms with Crippen LogP contribution in [0.2, 0.25) is 0 Å². The van der Waals surface area contributed by atoms with Gasteiger partial charge in [0, 0.05) is 24.9 Å². The number of aromatic nitrogens is 2. The number of rotatable bonds is 6. The summed E-state index contributed by atoms with van der Waals surface area (Å²) in [5, 5.41) is 9.44. The van der Waals surface area contributed by atoms with Crippen molar-refractivity contribution >= 4 is 5.97 Å². The van der Waals surface area contributed by atoms with Crippen LogP contribution in [0.5, 0.6) is 0 Å². The first-order valence-corrected chi connectivity index (χ1v) is 8.12. The highest BCUT2D eigenvalue weighted by Gasteiger charge is 2.24. The SMILES string of the molecule is Cc1cccc(C(C)c2nccn2CC(C(=O)O)C(C)C)c1C. The molecule has 1 heterocycles. The summed E-state index contributed by atoms with van der Waals surface area (Å²) in [6.45, 7) is 10.7. The fourth-order valence-electron chi connectivity index (χ4n) is 3.02. The first kappa shape index (κ1) is 17.3. The molecule has 0 spiro atoms. The van der Waals surface area contributed by atoms with Gasteiger partial charge in [-0.2, -0.15) is 0 Å². The smallest absolute Gasteiger partial charge is 0.308 e. The zero-order valence-corrected chi connectivity index (χ0v) is 14.6. The molecule has 0 aliphatic rings. The molecule has 2 aromatic rings. The molecule has 2 unspecified atom stereocenters. The lowest BCUT2D eigenvalue weighted by Gasteiger charge is -2.21. The standard InChI is InChI=1S/C19H26N2O2/c1-12(2)17(19(22)23)11-21-10-9-20-18(21)15(5)16-8-6-7-13(3)14(16)4/h6-10,12,15,17H,11H2,1-5H3,(H,22,23). The molecule has 2 rings (SSSR count). The van der Waals surface area contributed by atoms with Gasteiger partial charge in [0.05, 0.1) is 5.92 Å². The lowest BCUT2D eigenvalue weighted by atomic mass is 9.92. The third-order valence-electron chi connectivity index (χ3n) is 4.76. The van der Waals surface area contributed by atoms with E-state index in [-0.39, 0.29) is 11.8 Å². The molecule has 1 aromatic heterocycles. The monoisotopic (exact) mass is 314 g/mol. The van der Waals surface area contributed by atoms with E-state index in [2.05, 4.69) is 44.0 Å². The normalized spacial score (nSPS) is 14.0. The Morgan fingerprint density at radius 1 is 1.26 bits per heavy atom. The van der Waals surface area contributed by atoms with Crippen LogP contribution >= 0.6 is 0 Å². The van der Waals surface area contributed by atoms with Crippen molar-refractivity contribution in [1.29, 1.82) is 0 Å². The molecule has 23 heavy (non-hydrogen) atoms. The molecule has 0 aliphatic carbocycles. The molecule has 4 nitrogen and oxygen atoms in total. The maximum absolute atomic E-state index is 11.5. The molecule has 2 atom stereocenters. The lowest BCUT2D eigenvalue weighted by Crippen LogP contribution is -2.26. The Bertz CT molecular complexity index is 688. The average molecular weight is 314 g/mol. The Kier molecular flexibility index (Phi) is 5.24. The summed E-state index contributed by atoms with van der Waals surface area (Å²) in [6.07, 6.45) is 3.64. The fraction of sp³-hybridized carbons (Fsp3) is 0.474. The summed E-state index contributed by atoms with van der Waals surface area (Å²) in [7, 11) is 0. The van der Waals surface area contributed by atoms with Crippen LogP contribution in [0.15, 0.2) is 30.6 Å². The highest BCUT2D eigenvalue weighted by molar-refractivity contribution is 5.70. The fourth-order valence-corrected chi connectivity index (χ4v) is 3.02. The van der Waals surface area contributed by atoms with Gasteiger partial charge in [0.15, 0.2) is 0 Å². The van der Waals surface area contributed by atoms with E-state index in [0.717, 1.165) is 5.82 Å². The van der Waals surface area contributed by atoms with Crippen LogP contribution in [0.25, 0.3) is 0 Å². The van der Waals surface area contributed by atoms with Crippen LogP contribution in [-0.2, 0) is 11.3 Å². The van der Waals surface area contributed by atoms with Crippen molar-refractivity contribution in [2.45, 2.75) is 47.1 Å². The molecule has 0 fully saturated rings. The summed E-state index contributed by atoms with van der Waals surface area (Å²) in [6, 6.07) is 6.30. The van der Waals surface area contributed by atoms with E-state index in [1.165, 1.54) is 16.7 Å². The minimum Gasteiger partial charge on any atom is -0.481 e. The molecular weight excluding hydrogens is 288 g/mol. The number of hydrogen-bond donors (Lipinski definition) is 1. The summed E-state index contributed by atoms with van der Waals surface area (Å²) in [4.78, 5) is 16.0. The largest absolute Gasteiger partial charge is 0.481 e. The van der Waals surface area contributed by atoms with E-state index < -0.39 is 11.9 Å². The number of aliphatic carboxylic acids is 1. The van der Waals surface area contributed by atoms with Gasteiger partial charge < -0.3 is 9.67 Å². The third kappa shape index (κ3) is 3.63. The van der Waals surface area contributed by atoms with E-state index in [0.29, 0.717) is 6.54 Å². The number of benzene rings is 1. The molecule has 4 heteroatoms. The summed E-state index contributed by atoms with van der Waals surface area (Å²) in [5.41, 5.74) is 3.78. The van der Waals surface area contributed by atoms with Crippen molar-refractivity contribution in [3.63, 3.8) is 0 Å². The predicted octanol–water partition coefficient (Wildman–Crippen LogP) is 4.01. The Labute approximate surface area is 138 Å². The second-order valence-corrected chi connectivity index (χ2v) is 6.64. The van der Waals surface area contributed by atoms with Crippen LogP contribution in [0.1, 0.15) is 49.2 Å². The molecule has 1 N–H and O–H groups in total. The van der Waals surface area contributed by atoms with Crippen LogP contribution in [0.3, 0.4) is 0 Å². The summed E-state index contributed by atoms with van der Waals surface area (Å²) < 4.78 is 1.99. The van der Waals surface area contributed by atoms with E-state index >= 15 is 0 Å². The van der Waals surface area contributed by atoms with Gasteiger partial charge in [0.25, 0.3) is 0 Å². The third-order valence-corrected chi connectivity index (χ3v) is 4.76. The molecule has 1 aromatic carbocycles. The van der Waals surface area contributed by atoms with Gasteiger partial charge >= 0.3 is 5.97 Å². The molecule has 0 bridgehead atoms. The van der Waals surface area contributed by atoms with E-state index in [1.54, 1.807) is 6.20 Å². The maximum Gasteiger partial charge on any atom is 0.308 e. The summed E-state index contributed by atoms with van der Waals surface area (Å²) >= 11 is 0.